The number of unbranched alkanes of at least 4 members (excludes halogenated alkanes) is 1. The van der Waals surface area contributed by atoms with Crippen LogP contribution in [0.15, 0.2) is 30.3 Å². The van der Waals surface area contributed by atoms with E-state index >= 15 is 0 Å². The highest BCUT2D eigenvalue weighted by Crippen LogP contribution is 2.14. The second-order valence-electron chi connectivity index (χ2n) is 4.47. The van der Waals surface area contributed by atoms with Crippen molar-refractivity contribution in [2.45, 2.75) is 45.6 Å². The molecule has 0 bridgehead atoms. The molecule has 0 aliphatic rings. The molecular formula is C14H23N. The van der Waals surface area contributed by atoms with Crippen LogP contribution in [0.3, 0.4) is 0 Å². The van der Waals surface area contributed by atoms with E-state index in [4.69, 9.17) is 5.73 Å². The van der Waals surface area contributed by atoms with Gasteiger partial charge in [0.15, 0.2) is 0 Å². The Kier molecular flexibility index (Phi) is 5.41. The third kappa shape index (κ3) is 4.48. The largest absolute Gasteiger partial charge is 0.327 e. The maximum atomic E-state index is 6.15. The minimum Gasteiger partial charge on any atom is -0.327 e. The van der Waals surface area contributed by atoms with Gasteiger partial charge in [0, 0.05) is 6.04 Å². The fourth-order valence-electron chi connectivity index (χ4n) is 1.86. The van der Waals surface area contributed by atoms with Gasteiger partial charge in [0.25, 0.3) is 0 Å². The zero-order valence-corrected chi connectivity index (χ0v) is 9.95. The Balaban J connectivity index is 2.38. The molecule has 0 amide bonds. The topological polar surface area (TPSA) is 26.0 Å². The molecule has 0 heterocycles. The Bertz CT molecular complexity index is 255. The number of hydrogen-bond donors (Lipinski definition) is 1. The van der Waals surface area contributed by atoms with Crippen molar-refractivity contribution in [3.63, 3.8) is 0 Å². The summed E-state index contributed by atoms with van der Waals surface area (Å²) in [5.41, 5.74) is 7.55. The Morgan fingerprint density at radius 2 is 1.87 bits per heavy atom. The molecule has 2 atom stereocenters. The summed E-state index contributed by atoms with van der Waals surface area (Å²) >= 11 is 0. The molecule has 1 heteroatoms. The molecule has 1 rings (SSSR count). The monoisotopic (exact) mass is 205 g/mol. The van der Waals surface area contributed by atoms with Gasteiger partial charge < -0.3 is 5.73 Å². The summed E-state index contributed by atoms with van der Waals surface area (Å²) < 4.78 is 0. The van der Waals surface area contributed by atoms with E-state index in [0.29, 0.717) is 12.0 Å². The van der Waals surface area contributed by atoms with Gasteiger partial charge in [-0.2, -0.15) is 0 Å². The van der Waals surface area contributed by atoms with E-state index in [0.717, 1.165) is 12.8 Å². The predicted molar refractivity (Wildman–Crippen MR) is 66.8 cm³/mol. The van der Waals surface area contributed by atoms with E-state index < -0.39 is 0 Å². The van der Waals surface area contributed by atoms with E-state index in [1.54, 1.807) is 0 Å². The quantitative estimate of drug-likeness (QED) is 0.757. The van der Waals surface area contributed by atoms with Crippen molar-refractivity contribution in [2.24, 2.45) is 11.7 Å². The summed E-state index contributed by atoms with van der Waals surface area (Å²) in [6.07, 6.45) is 4.75. The zero-order valence-electron chi connectivity index (χ0n) is 9.95. The zero-order chi connectivity index (χ0) is 11.1. The summed E-state index contributed by atoms with van der Waals surface area (Å²) in [4.78, 5) is 0. The molecule has 0 saturated carbocycles. The fraction of sp³-hybridized carbons (Fsp3) is 0.571. The summed E-state index contributed by atoms with van der Waals surface area (Å²) in [6, 6.07) is 11.0. The van der Waals surface area contributed by atoms with Crippen LogP contribution in [0.5, 0.6) is 0 Å². The predicted octanol–water partition coefficient (Wildman–Crippen LogP) is 3.38. The highest BCUT2D eigenvalue weighted by molar-refractivity contribution is 5.15. The van der Waals surface area contributed by atoms with E-state index in [2.05, 4.69) is 44.2 Å². The van der Waals surface area contributed by atoms with Crippen LogP contribution in [0.4, 0.5) is 0 Å². The Morgan fingerprint density at radius 3 is 2.47 bits per heavy atom. The van der Waals surface area contributed by atoms with Crippen molar-refractivity contribution < 1.29 is 0 Å². The minimum absolute atomic E-state index is 0.352. The van der Waals surface area contributed by atoms with Gasteiger partial charge >= 0.3 is 0 Å². The first kappa shape index (κ1) is 12.3. The van der Waals surface area contributed by atoms with Gasteiger partial charge in [-0.15, -0.1) is 0 Å². The highest BCUT2D eigenvalue weighted by Gasteiger charge is 2.12. The minimum atomic E-state index is 0.352. The van der Waals surface area contributed by atoms with Crippen molar-refractivity contribution in [1.29, 1.82) is 0 Å². The lowest BCUT2D eigenvalue weighted by atomic mass is 9.91. The molecule has 2 N–H and O–H groups in total. The van der Waals surface area contributed by atoms with Crippen LogP contribution in [0.2, 0.25) is 0 Å². The molecule has 0 fully saturated rings. The average Bonchev–Trinajstić information content (AvgIpc) is 2.27. The van der Waals surface area contributed by atoms with Crippen molar-refractivity contribution in [2.75, 3.05) is 0 Å². The Hall–Kier alpha value is -0.820. The standard InChI is InChI=1S/C14H23N/c1-3-4-10-14(15)12(2)11-13-8-6-5-7-9-13/h5-9,12,14H,3-4,10-11,15H2,1-2H3/t12-,14-/m1/s1. The fourth-order valence-corrected chi connectivity index (χ4v) is 1.86. The van der Waals surface area contributed by atoms with Gasteiger partial charge in [0.1, 0.15) is 0 Å². The number of rotatable bonds is 6. The third-order valence-corrected chi connectivity index (χ3v) is 3.02. The first-order chi connectivity index (χ1) is 7.24. The molecule has 1 nitrogen and oxygen atoms in total. The first-order valence-electron chi connectivity index (χ1n) is 6.03. The highest BCUT2D eigenvalue weighted by atomic mass is 14.6. The molecular weight excluding hydrogens is 182 g/mol. The number of nitrogens with two attached hydrogens (primary N) is 1. The lowest BCUT2D eigenvalue weighted by molar-refractivity contribution is 0.418. The first-order valence-corrected chi connectivity index (χ1v) is 6.03. The van der Waals surface area contributed by atoms with Crippen LogP contribution < -0.4 is 5.73 Å². The second-order valence-corrected chi connectivity index (χ2v) is 4.47. The van der Waals surface area contributed by atoms with Crippen molar-refractivity contribution in [3.05, 3.63) is 35.9 Å². The molecule has 0 aromatic heterocycles. The molecule has 1 aromatic carbocycles. The molecule has 0 unspecified atom stereocenters. The van der Waals surface area contributed by atoms with Crippen molar-refractivity contribution >= 4 is 0 Å². The normalized spacial score (nSPS) is 14.9. The number of benzene rings is 1. The lowest BCUT2D eigenvalue weighted by Gasteiger charge is -2.19. The lowest BCUT2D eigenvalue weighted by Crippen LogP contribution is -2.29. The molecule has 0 aliphatic heterocycles. The van der Waals surface area contributed by atoms with Gasteiger partial charge in [-0.3, -0.25) is 0 Å². The molecule has 0 aliphatic carbocycles. The van der Waals surface area contributed by atoms with Gasteiger partial charge in [-0.05, 0) is 24.3 Å². The van der Waals surface area contributed by atoms with Gasteiger partial charge in [-0.1, -0.05) is 57.0 Å². The van der Waals surface area contributed by atoms with E-state index in [1.165, 1.54) is 18.4 Å². The van der Waals surface area contributed by atoms with Crippen LogP contribution in [0.25, 0.3) is 0 Å². The van der Waals surface area contributed by atoms with E-state index in [9.17, 15) is 0 Å². The van der Waals surface area contributed by atoms with Crippen LogP contribution in [-0.4, -0.2) is 6.04 Å². The molecule has 84 valence electrons. The molecule has 0 spiro atoms. The summed E-state index contributed by atoms with van der Waals surface area (Å²) in [5.74, 6) is 0.582. The van der Waals surface area contributed by atoms with Gasteiger partial charge in [-0.25, -0.2) is 0 Å². The van der Waals surface area contributed by atoms with Gasteiger partial charge in [0.2, 0.25) is 0 Å². The smallest absolute Gasteiger partial charge is 0.00676 e. The van der Waals surface area contributed by atoms with Crippen LogP contribution in [-0.2, 0) is 6.42 Å². The average molecular weight is 205 g/mol. The molecule has 0 radical (unpaired) electrons. The van der Waals surface area contributed by atoms with Crippen molar-refractivity contribution in [1.82, 2.24) is 0 Å². The summed E-state index contributed by atoms with van der Waals surface area (Å²) in [7, 11) is 0. The van der Waals surface area contributed by atoms with Gasteiger partial charge in [0.05, 0.1) is 0 Å². The number of hydrogen-bond acceptors (Lipinski definition) is 1. The SMILES string of the molecule is CCCC[C@@H](N)[C@H](C)Cc1ccccc1. The molecule has 1 aromatic rings. The van der Waals surface area contributed by atoms with Crippen LogP contribution in [0, 0.1) is 5.92 Å². The summed E-state index contributed by atoms with van der Waals surface area (Å²) in [5, 5.41) is 0. The second kappa shape index (κ2) is 6.62. The van der Waals surface area contributed by atoms with Crippen LogP contribution in [0.1, 0.15) is 38.7 Å². The summed E-state index contributed by atoms with van der Waals surface area (Å²) in [6.45, 7) is 4.47. The maximum Gasteiger partial charge on any atom is 0.00676 e. The maximum absolute atomic E-state index is 6.15. The Morgan fingerprint density at radius 1 is 1.20 bits per heavy atom. The van der Waals surface area contributed by atoms with E-state index in [-0.39, 0.29) is 0 Å². The van der Waals surface area contributed by atoms with Crippen molar-refractivity contribution in [3.8, 4) is 0 Å². The molecule has 0 saturated heterocycles. The van der Waals surface area contributed by atoms with Crippen LogP contribution >= 0.6 is 0 Å². The Labute approximate surface area is 93.7 Å². The third-order valence-electron chi connectivity index (χ3n) is 3.02. The van der Waals surface area contributed by atoms with E-state index in [1.807, 2.05) is 0 Å². The molecule has 15 heavy (non-hydrogen) atoms.